The van der Waals surface area contributed by atoms with Gasteiger partial charge < -0.3 is 21.3 Å². The van der Waals surface area contributed by atoms with Crippen molar-refractivity contribution >= 4 is 58.8 Å². The van der Waals surface area contributed by atoms with Crippen molar-refractivity contribution in [2.75, 3.05) is 15.1 Å². The number of nitrogens with one attached hydrogen (secondary N) is 2. The molecule has 0 radical (unpaired) electrons. The Morgan fingerprint density at radius 1 is 0.741 bits per heavy atom. The highest BCUT2D eigenvalue weighted by atomic mass is 35.5. The van der Waals surface area contributed by atoms with E-state index in [4.69, 9.17) is 5.73 Å². The van der Waals surface area contributed by atoms with Gasteiger partial charge in [-0.1, -0.05) is 54.6 Å². The zero-order valence-electron chi connectivity index (χ0n) is 28.5. The van der Waals surface area contributed by atoms with Gasteiger partial charge in [0.15, 0.2) is 0 Å². The third-order valence-electron chi connectivity index (χ3n) is 8.78. The van der Waals surface area contributed by atoms with E-state index in [2.05, 4.69) is 10.6 Å². The first-order chi connectivity index (χ1) is 25.4. The Morgan fingerprint density at radius 3 is 1.98 bits per heavy atom. The summed E-state index contributed by atoms with van der Waals surface area (Å²) in [5.41, 5.74) is 8.25. The van der Waals surface area contributed by atoms with E-state index in [1.807, 2.05) is 0 Å². The molecule has 9 nitrogen and oxygen atoms in total. The molecular weight excluding hydrogens is 726 g/mol. The molecule has 4 amide bonds. The van der Waals surface area contributed by atoms with Gasteiger partial charge >= 0.3 is 6.18 Å². The first-order valence-corrected chi connectivity index (χ1v) is 16.5. The smallest absolute Gasteiger partial charge is 0.352 e. The number of fused-ring (bicyclic) bond motifs is 1. The summed E-state index contributed by atoms with van der Waals surface area (Å²) in [4.78, 5) is 57.6. The molecule has 5 aromatic rings. The number of hydrogen-bond donors (Lipinski definition) is 3. The summed E-state index contributed by atoms with van der Waals surface area (Å²) in [5, 5.41) is 5.28. The van der Waals surface area contributed by atoms with Crippen molar-refractivity contribution in [1.82, 2.24) is 5.32 Å². The van der Waals surface area contributed by atoms with Gasteiger partial charge in [-0.2, -0.15) is 13.2 Å². The van der Waals surface area contributed by atoms with E-state index in [0.717, 1.165) is 29.8 Å². The van der Waals surface area contributed by atoms with E-state index in [0.29, 0.717) is 28.3 Å². The molecule has 6 rings (SSSR count). The van der Waals surface area contributed by atoms with Gasteiger partial charge in [0.1, 0.15) is 11.7 Å². The number of amides is 4. The largest absolute Gasteiger partial charge is 0.416 e. The summed E-state index contributed by atoms with van der Waals surface area (Å²) >= 11 is 0. The molecule has 0 aromatic heterocycles. The van der Waals surface area contributed by atoms with Crippen LogP contribution in [0.2, 0.25) is 0 Å². The average molecular weight is 760 g/mol. The van der Waals surface area contributed by atoms with E-state index >= 15 is 0 Å². The third kappa shape index (κ3) is 8.76. The predicted octanol–water partition coefficient (Wildman–Crippen LogP) is 7.51. The molecule has 14 heteroatoms. The lowest BCUT2D eigenvalue weighted by Crippen LogP contribution is -2.43. The van der Waals surface area contributed by atoms with Crippen LogP contribution in [0.1, 0.15) is 39.0 Å². The fourth-order valence-electron chi connectivity index (χ4n) is 5.94. The molecule has 1 atom stereocenters. The molecule has 1 unspecified atom stereocenters. The molecule has 1 aliphatic rings. The monoisotopic (exact) mass is 759 g/mol. The predicted molar refractivity (Wildman–Crippen MR) is 199 cm³/mol. The Balaban J connectivity index is 0.00000561. The second kappa shape index (κ2) is 16.7. The van der Waals surface area contributed by atoms with Gasteiger partial charge in [0, 0.05) is 42.0 Å². The summed E-state index contributed by atoms with van der Waals surface area (Å²) < 4.78 is 53.1. The number of nitrogens with two attached hydrogens (primary N) is 1. The number of halogens is 5. The lowest BCUT2D eigenvalue weighted by atomic mass is 10.0. The van der Waals surface area contributed by atoms with Crippen molar-refractivity contribution in [3.63, 3.8) is 0 Å². The Morgan fingerprint density at radius 2 is 1.35 bits per heavy atom. The molecule has 5 aromatic carbocycles. The van der Waals surface area contributed by atoms with Crippen molar-refractivity contribution in [2.24, 2.45) is 11.7 Å². The summed E-state index contributed by atoms with van der Waals surface area (Å²) in [6, 6.07) is 30.1. The Kier molecular flexibility index (Phi) is 12.1. The maximum Gasteiger partial charge on any atom is 0.416 e. The lowest BCUT2D eigenvalue weighted by molar-refractivity contribution is -0.137. The van der Waals surface area contributed by atoms with E-state index in [1.165, 1.54) is 28.0 Å². The summed E-state index contributed by atoms with van der Waals surface area (Å²) in [7, 11) is 0. The van der Waals surface area contributed by atoms with Crippen LogP contribution in [0.3, 0.4) is 0 Å². The van der Waals surface area contributed by atoms with Crippen molar-refractivity contribution in [1.29, 1.82) is 0 Å². The number of carbonyl (C=O) groups excluding carboxylic acids is 4. The van der Waals surface area contributed by atoms with E-state index < -0.39 is 53.5 Å². The highest BCUT2D eigenvalue weighted by Crippen LogP contribution is 2.40. The summed E-state index contributed by atoms with van der Waals surface area (Å²) in [6.07, 6.45) is -5.04. The highest BCUT2D eigenvalue weighted by Gasteiger charge is 2.42. The molecule has 0 bridgehead atoms. The molecule has 1 aliphatic heterocycles. The fourth-order valence-corrected chi connectivity index (χ4v) is 5.94. The first kappa shape index (κ1) is 39.2. The van der Waals surface area contributed by atoms with Gasteiger partial charge in [-0.3, -0.25) is 24.1 Å². The van der Waals surface area contributed by atoms with Gasteiger partial charge in [0.05, 0.1) is 23.5 Å². The molecular formula is C40H34ClF4N5O4. The summed E-state index contributed by atoms with van der Waals surface area (Å²) in [5.74, 6) is -4.47. The van der Waals surface area contributed by atoms with Crippen molar-refractivity contribution in [3.05, 3.63) is 155 Å². The van der Waals surface area contributed by atoms with E-state index in [1.54, 1.807) is 78.9 Å². The quantitative estimate of drug-likeness (QED) is 0.100. The maximum absolute atomic E-state index is 14.4. The molecule has 1 heterocycles. The van der Waals surface area contributed by atoms with Crippen LogP contribution in [0.25, 0.3) is 0 Å². The molecule has 0 saturated carbocycles. The van der Waals surface area contributed by atoms with Crippen molar-refractivity contribution < 1.29 is 36.7 Å². The van der Waals surface area contributed by atoms with Crippen molar-refractivity contribution in [2.45, 2.75) is 32.2 Å². The number of hydrogen-bond acceptors (Lipinski definition) is 5. The average Bonchev–Trinajstić information content (AvgIpc) is 3.24. The zero-order chi connectivity index (χ0) is 37.7. The number of alkyl halides is 3. The second-order valence-corrected chi connectivity index (χ2v) is 12.3. The standard InChI is InChI=1S/C40H33F4N5O4.ClH/c41-33-6-2-1-5-28(33)23-46-36(50)21-32-38(52)48(34-7-3-4-8-35(34)49(39(32)53)31-19-11-25(22-45)12-20-31)24-26-9-17-30(18-10-26)47-37(51)27-13-15-29(16-14-27)40(42,43)44;/h1-20,32H,21-24,45H2,(H,46,50)(H,47,51);1H. The molecule has 0 spiro atoms. The first-order valence-electron chi connectivity index (χ1n) is 16.5. The van der Waals surface area contributed by atoms with Crippen LogP contribution in [-0.4, -0.2) is 23.6 Å². The topological polar surface area (TPSA) is 125 Å². The molecule has 54 heavy (non-hydrogen) atoms. The van der Waals surface area contributed by atoms with Crippen LogP contribution < -0.4 is 26.2 Å². The molecule has 0 saturated heterocycles. The highest BCUT2D eigenvalue weighted by molar-refractivity contribution is 6.21. The second-order valence-electron chi connectivity index (χ2n) is 12.3. The maximum atomic E-state index is 14.4. The fraction of sp³-hybridized carbons (Fsp3) is 0.150. The minimum Gasteiger partial charge on any atom is -0.352 e. The van der Waals surface area contributed by atoms with Gasteiger partial charge in [0.2, 0.25) is 17.7 Å². The van der Waals surface area contributed by atoms with Crippen LogP contribution in [0.15, 0.2) is 121 Å². The normalized spacial score (nSPS) is 14.1. The van der Waals surface area contributed by atoms with E-state index in [-0.39, 0.29) is 43.2 Å². The van der Waals surface area contributed by atoms with E-state index in [9.17, 15) is 36.7 Å². The van der Waals surface area contributed by atoms with Gasteiger partial charge in [0.25, 0.3) is 5.91 Å². The number of anilines is 4. The van der Waals surface area contributed by atoms with Crippen LogP contribution in [0.4, 0.5) is 40.3 Å². The molecule has 278 valence electrons. The molecule has 0 fully saturated rings. The molecule has 0 aliphatic carbocycles. The number of para-hydroxylation sites is 2. The van der Waals surface area contributed by atoms with Crippen LogP contribution in [0.5, 0.6) is 0 Å². The molecule has 4 N–H and O–H groups in total. The summed E-state index contributed by atoms with van der Waals surface area (Å²) in [6.45, 7) is 0.111. The minimum atomic E-state index is -4.53. The third-order valence-corrected chi connectivity index (χ3v) is 8.78. The number of carbonyl (C=O) groups is 4. The minimum absolute atomic E-state index is 0. The van der Waals surface area contributed by atoms with Gasteiger partial charge in [-0.15, -0.1) is 12.4 Å². The number of nitrogens with zero attached hydrogens (tertiary/aromatic N) is 2. The number of benzene rings is 5. The van der Waals surface area contributed by atoms with Crippen LogP contribution >= 0.6 is 12.4 Å². The Labute approximate surface area is 314 Å². The Bertz CT molecular complexity index is 2150. The zero-order valence-corrected chi connectivity index (χ0v) is 29.3. The van der Waals surface area contributed by atoms with Crippen molar-refractivity contribution in [3.8, 4) is 0 Å². The van der Waals surface area contributed by atoms with Crippen LogP contribution in [0, 0.1) is 11.7 Å². The van der Waals surface area contributed by atoms with Gasteiger partial charge in [-0.25, -0.2) is 4.39 Å². The van der Waals surface area contributed by atoms with Crippen LogP contribution in [-0.2, 0) is 40.2 Å². The number of rotatable bonds is 10. The van der Waals surface area contributed by atoms with Gasteiger partial charge in [-0.05, 0) is 77.9 Å². The lowest BCUT2D eigenvalue weighted by Gasteiger charge is -2.26. The Hall–Kier alpha value is -6.05. The SMILES string of the molecule is Cl.NCc1ccc(N2C(=O)C(CC(=O)NCc3ccccc3F)C(=O)N(Cc3ccc(NC(=O)c4ccc(C(F)(F)F)cc4)cc3)c3ccccc32)cc1.